The average Bonchev–Trinajstić information content (AvgIpc) is 2.86. The van der Waals surface area contributed by atoms with Crippen LogP contribution in [-0.4, -0.2) is 37.5 Å². The third-order valence-electron chi connectivity index (χ3n) is 3.53. The molecule has 0 aliphatic heterocycles. The number of ether oxygens (including phenoxy) is 2. The second-order valence-corrected chi connectivity index (χ2v) is 5.50. The van der Waals surface area contributed by atoms with Gasteiger partial charge in [-0.05, 0) is 36.8 Å². The van der Waals surface area contributed by atoms with Crippen molar-refractivity contribution in [1.82, 2.24) is 4.57 Å². The lowest BCUT2D eigenvalue weighted by molar-refractivity contribution is 0.0681. The molecule has 1 atom stereocenters. The van der Waals surface area contributed by atoms with Gasteiger partial charge in [0.25, 0.3) is 0 Å². The zero-order chi connectivity index (χ0) is 15.1. The molecule has 0 saturated heterocycles. The molecule has 21 heavy (non-hydrogen) atoms. The number of aromatic nitrogens is 1. The highest BCUT2D eigenvalue weighted by molar-refractivity contribution is 5.83. The Morgan fingerprint density at radius 1 is 1.19 bits per heavy atom. The number of benzene rings is 1. The Kier molecular flexibility index (Phi) is 6.23. The van der Waals surface area contributed by atoms with E-state index in [0.717, 1.165) is 26.0 Å². The Labute approximate surface area is 126 Å². The van der Waals surface area contributed by atoms with Gasteiger partial charge in [0.1, 0.15) is 0 Å². The molecule has 0 spiro atoms. The fraction of sp³-hybridized carbons (Fsp3) is 0.529. The summed E-state index contributed by atoms with van der Waals surface area (Å²) < 4.78 is 12.8. The van der Waals surface area contributed by atoms with Crippen molar-refractivity contribution in [2.45, 2.75) is 32.4 Å². The normalized spacial score (nSPS) is 12.9. The third-order valence-corrected chi connectivity index (χ3v) is 3.53. The number of fused-ring (bicyclic) bond motifs is 1. The predicted molar refractivity (Wildman–Crippen MR) is 86.6 cm³/mol. The van der Waals surface area contributed by atoms with Gasteiger partial charge in [0.2, 0.25) is 0 Å². The van der Waals surface area contributed by atoms with Gasteiger partial charge in [-0.15, -0.1) is 0 Å². The Balaban J connectivity index is 1.99. The fourth-order valence-electron chi connectivity index (χ4n) is 2.62. The maximum atomic E-state index is 5.96. The van der Waals surface area contributed by atoms with Gasteiger partial charge in [-0.3, -0.25) is 0 Å². The Morgan fingerprint density at radius 3 is 2.81 bits per heavy atom. The summed E-state index contributed by atoms with van der Waals surface area (Å²) in [6.07, 6.45) is 4.07. The van der Waals surface area contributed by atoms with Gasteiger partial charge in [-0.25, -0.2) is 0 Å². The molecule has 1 unspecified atom stereocenters. The van der Waals surface area contributed by atoms with Gasteiger partial charge in [0.05, 0.1) is 18.7 Å². The van der Waals surface area contributed by atoms with Crippen molar-refractivity contribution in [3.05, 3.63) is 36.0 Å². The molecular weight excluding hydrogens is 264 g/mol. The van der Waals surface area contributed by atoms with E-state index in [9.17, 15) is 0 Å². The molecule has 2 N–H and O–H groups in total. The predicted octanol–water partition coefficient (Wildman–Crippen LogP) is 2.58. The summed E-state index contributed by atoms with van der Waals surface area (Å²) in [7, 11) is 1.69. The lowest BCUT2D eigenvalue weighted by Gasteiger charge is -2.12. The van der Waals surface area contributed by atoms with Crippen molar-refractivity contribution in [2.24, 2.45) is 5.73 Å². The lowest BCUT2D eigenvalue weighted by Crippen LogP contribution is -2.18. The molecule has 4 heteroatoms. The molecule has 0 saturated carbocycles. The highest BCUT2D eigenvalue weighted by Crippen LogP contribution is 2.21. The van der Waals surface area contributed by atoms with E-state index in [1.165, 1.54) is 16.5 Å². The van der Waals surface area contributed by atoms with Gasteiger partial charge in [0.15, 0.2) is 0 Å². The number of methoxy groups -OCH3 is 1. The van der Waals surface area contributed by atoms with E-state index in [1.807, 2.05) is 0 Å². The fourth-order valence-corrected chi connectivity index (χ4v) is 2.62. The van der Waals surface area contributed by atoms with E-state index in [1.54, 1.807) is 7.11 Å². The SMILES string of the molecule is COCCOCCCn1ccc2cccc(CC(C)N)c21. The zero-order valence-corrected chi connectivity index (χ0v) is 13.0. The summed E-state index contributed by atoms with van der Waals surface area (Å²) in [4.78, 5) is 0. The number of nitrogens with zero attached hydrogens (tertiary/aromatic N) is 1. The maximum absolute atomic E-state index is 5.96. The quantitative estimate of drug-likeness (QED) is 0.722. The van der Waals surface area contributed by atoms with Crippen LogP contribution in [0.1, 0.15) is 18.9 Å². The van der Waals surface area contributed by atoms with Crippen LogP contribution in [0.25, 0.3) is 10.9 Å². The molecule has 0 bridgehead atoms. The number of nitrogens with two attached hydrogens (primary N) is 1. The smallest absolute Gasteiger partial charge is 0.0700 e. The van der Waals surface area contributed by atoms with Crippen molar-refractivity contribution in [2.75, 3.05) is 26.9 Å². The average molecular weight is 290 g/mol. The van der Waals surface area contributed by atoms with Gasteiger partial charge in [-0.2, -0.15) is 0 Å². The van der Waals surface area contributed by atoms with E-state index in [2.05, 4.69) is 42.0 Å². The third kappa shape index (κ3) is 4.56. The minimum atomic E-state index is 0.177. The largest absolute Gasteiger partial charge is 0.382 e. The molecule has 2 aromatic rings. The summed E-state index contributed by atoms with van der Waals surface area (Å²) in [6.45, 7) is 5.10. The van der Waals surface area contributed by atoms with Crippen LogP contribution < -0.4 is 5.73 Å². The molecule has 1 aromatic carbocycles. The first-order valence-corrected chi connectivity index (χ1v) is 7.61. The highest BCUT2D eigenvalue weighted by Gasteiger charge is 2.08. The molecule has 0 radical (unpaired) electrons. The Hall–Kier alpha value is -1.36. The number of hydrogen-bond donors (Lipinski definition) is 1. The van der Waals surface area contributed by atoms with Crippen LogP contribution >= 0.6 is 0 Å². The molecule has 4 nitrogen and oxygen atoms in total. The van der Waals surface area contributed by atoms with E-state index in [0.29, 0.717) is 13.2 Å². The number of hydrogen-bond acceptors (Lipinski definition) is 3. The van der Waals surface area contributed by atoms with Crippen LogP contribution in [0.3, 0.4) is 0 Å². The van der Waals surface area contributed by atoms with Gasteiger partial charge >= 0.3 is 0 Å². The first kappa shape index (κ1) is 16.0. The number of para-hydroxylation sites is 1. The molecule has 1 aromatic heterocycles. The molecule has 116 valence electrons. The molecule has 0 aliphatic rings. The first-order chi connectivity index (χ1) is 10.2. The zero-order valence-electron chi connectivity index (χ0n) is 13.0. The van der Waals surface area contributed by atoms with Crippen LogP contribution in [0.15, 0.2) is 30.5 Å². The van der Waals surface area contributed by atoms with Crippen molar-refractivity contribution < 1.29 is 9.47 Å². The summed E-state index contributed by atoms with van der Waals surface area (Å²) in [6, 6.07) is 8.80. The van der Waals surface area contributed by atoms with Crippen LogP contribution in [0, 0.1) is 0 Å². The van der Waals surface area contributed by atoms with Gasteiger partial charge < -0.3 is 19.8 Å². The molecule has 0 amide bonds. The van der Waals surface area contributed by atoms with Gasteiger partial charge in [-0.1, -0.05) is 18.2 Å². The van der Waals surface area contributed by atoms with Crippen molar-refractivity contribution in [3.8, 4) is 0 Å². The molecule has 0 fully saturated rings. The second kappa shape index (κ2) is 8.17. The first-order valence-electron chi connectivity index (χ1n) is 7.61. The van der Waals surface area contributed by atoms with Crippen LogP contribution in [0.5, 0.6) is 0 Å². The number of aryl methyl sites for hydroxylation is 1. The minimum absolute atomic E-state index is 0.177. The highest BCUT2D eigenvalue weighted by atomic mass is 16.5. The van der Waals surface area contributed by atoms with Gasteiger partial charge in [0, 0.05) is 32.5 Å². The topological polar surface area (TPSA) is 49.4 Å². The van der Waals surface area contributed by atoms with Crippen molar-refractivity contribution in [3.63, 3.8) is 0 Å². The van der Waals surface area contributed by atoms with Crippen LogP contribution in [0.2, 0.25) is 0 Å². The Morgan fingerprint density at radius 2 is 2.05 bits per heavy atom. The minimum Gasteiger partial charge on any atom is -0.382 e. The molecule has 2 rings (SSSR count). The lowest BCUT2D eigenvalue weighted by atomic mass is 10.0. The van der Waals surface area contributed by atoms with Crippen LogP contribution in [-0.2, 0) is 22.4 Å². The summed E-state index contributed by atoms with van der Waals surface area (Å²) in [5.74, 6) is 0. The maximum Gasteiger partial charge on any atom is 0.0700 e. The standard InChI is InChI=1S/C17H26N2O2/c1-14(18)13-16-6-3-5-15-7-9-19(17(15)16)8-4-10-21-12-11-20-2/h3,5-7,9,14H,4,8,10-13,18H2,1-2H3. The summed E-state index contributed by atoms with van der Waals surface area (Å²) in [5, 5.41) is 1.29. The second-order valence-electron chi connectivity index (χ2n) is 5.50. The van der Waals surface area contributed by atoms with E-state index in [-0.39, 0.29) is 6.04 Å². The summed E-state index contributed by atoms with van der Waals surface area (Å²) in [5.41, 5.74) is 8.60. The van der Waals surface area contributed by atoms with Crippen molar-refractivity contribution in [1.29, 1.82) is 0 Å². The van der Waals surface area contributed by atoms with Crippen molar-refractivity contribution >= 4 is 10.9 Å². The van der Waals surface area contributed by atoms with E-state index < -0.39 is 0 Å². The molecule has 1 heterocycles. The summed E-state index contributed by atoms with van der Waals surface area (Å²) >= 11 is 0. The van der Waals surface area contributed by atoms with E-state index >= 15 is 0 Å². The molecule has 0 aliphatic carbocycles. The monoisotopic (exact) mass is 290 g/mol. The number of rotatable bonds is 9. The van der Waals surface area contributed by atoms with Crippen LogP contribution in [0.4, 0.5) is 0 Å². The van der Waals surface area contributed by atoms with E-state index in [4.69, 9.17) is 15.2 Å². The molecular formula is C17H26N2O2. The Bertz CT molecular complexity index is 549.